The zero-order valence-electron chi connectivity index (χ0n) is 9.83. The Morgan fingerprint density at radius 1 is 1.00 bits per heavy atom. The molecule has 0 saturated heterocycles. The van der Waals surface area contributed by atoms with Gasteiger partial charge in [0.1, 0.15) is 12.1 Å². The van der Waals surface area contributed by atoms with E-state index in [2.05, 4.69) is 0 Å². The van der Waals surface area contributed by atoms with Crippen LogP contribution in [0.5, 0.6) is 0 Å². The van der Waals surface area contributed by atoms with E-state index in [0.29, 0.717) is 16.7 Å². The number of aldehydes is 1. The molecular formula is C15H8N2OS. The maximum absolute atomic E-state index is 10.9. The van der Waals surface area contributed by atoms with Crippen LogP contribution in [0.4, 0.5) is 0 Å². The molecule has 0 aromatic heterocycles. The molecule has 4 heteroatoms. The van der Waals surface area contributed by atoms with Crippen LogP contribution in [-0.2, 0) is 0 Å². The van der Waals surface area contributed by atoms with Gasteiger partial charge in [-0.05, 0) is 24.3 Å². The first-order chi connectivity index (χ1) is 9.28. The highest BCUT2D eigenvalue weighted by Crippen LogP contribution is 2.30. The lowest BCUT2D eigenvalue weighted by atomic mass is 10.1. The van der Waals surface area contributed by atoms with Crippen LogP contribution in [0.2, 0.25) is 0 Å². The Balaban J connectivity index is 2.37. The number of rotatable bonds is 3. The Morgan fingerprint density at radius 3 is 2.42 bits per heavy atom. The van der Waals surface area contributed by atoms with E-state index < -0.39 is 0 Å². The summed E-state index contributed by atoms with van der Waals surface area (Å²) < 4.78 is 0. The van der Waals surface area contributed by atoms with Crippen molar-refractivity contribution in [2.75, 3.05) is 0 Å². The maximum Gasteiger partial charge on any atom is 0.151 e. The van der Waals surface area contributed by atoms with Gasteiger partial charge in [0.25, 0.3) is 0 Å². The van der Waals surface area contributed by atoms with Crippen molar-refractivity contribution in [2.45, 2.75) is 9.79 Å². The second kappa shape index (κ2) is 5.86. The number of benzene rings is 2. The summed E-state index contributed by atoms with van der Waals surface area (Å²) in [4.78, 5) is 12.6. The number of hydrogen-bond donors (Lipinski definition) is 0. The summed E-state index contributed by atoms with van der Waals surface area (Å²) in [6.07, 6.45) is 0.803. The summed E-state index contributed by atoms with van der Waals surface area (Å²) in [6, 6.07) is 16.2. The summed E-state index contributed by atoms with van der Waals surface area (Å²) in [5, 5.41) is 17.8. The van der Waals surface area contributed by atoms with E-state index in [9.17, 15) is 4.79 Å². The SMILES string of the molecule is N#Cc1ccc(Sc2ccccc2C=O)cc1C#N. The fourth-order valence-corrected chi connectivity index (χ4v) is 2.52. The summed E-state index contributed by atoms with van der Waals surface area (Å²) in [7, 11) is 0. The molecule has 0 aliphatic rings. The Bertz CT molecular complexity index is 711. The predicted molar refractivity (Wildman–Crippen MR) is 71.8 cm³/mol. The van der Waals surface area contributed by atoms with E-state index in [1.165, 1.54) is 11.8 Å². The van der Waals surface area contributed by atoms with Gasteiger partial charge in [0.2, 0.25) is 0 Å². The smallest absolute Gasteiger partial charge is 0.151 e. The first-order valence-corrected chi connectivity index (χ1v) is 6.26. The Kier molecular flexibility index (Phi) is 3.97. The van der Waals surface area contributed by atoms with Crippen LogP contribution in [-0.4, -0.2) is 6.29 Å². The molecular weight excluding hydrogens is 256 g/mol. The molecule has 0 unspecified atom stereocenters. The molecule has 0 radical (unpaired) electrons. The molecule has 2 aromatic carbocycles. The van der Waals surface area contributed by atoms with Gasteiger partial charge >= 0.3 is 0 Å². The molecule has 3 nitrogen and oxygen atoms in total. The molecule has 0 saturated carbocycles. The molecule has 0 heterocycles. The molecule has 0 fully saturated rings. The maximum atomic E-state index is 10.9. The van der Waals surface area contributed by atoms with Crippen molar-refractivity contribution < 1.29 is 4.79 Å². The highest BCUT2D eigenvalue weighted by atomic mass is 32.2. The van der Waals surface area contributed by atoms with Gasteiger partial charge in [-0.2, -0.15) is 10.5 Å². The fourth-order valence-electron chi connectivity index (χ4n) is 1.57. The zero-order chi connectivity index (χ0) is 13.7. The molecule has 0 aliphatic carbocycles. The van der Waals surface area contributed by atoms with Crippen molar-refractivity contribution in [3.8, 4) is 12.1 Å². The van der Waals surface area contributed by atoms with Crippen LogP contribution in [0.15, 0.2) is 52.3 Å². The largest absolute Gasteiger partial charge is 0.298 e. The normalized spacial score (nSPS) is 9.37. The molecule has 0 N–H and O–H groups in total. The third-order valence-electron chi connectivity index (χ3n) is 2.51. The van der Waals surface area contributed by atoms with Gasteiger partial charge < -0.3 is 0 Å². The fraction of sp³-hybridized carbons (Fsp3) is 0. The van der Waals surface area contributed by atoms with Crippen LogP contribution >= 0.6 is 11.8 Å². The van der Waals surface area contributed by atoms with E-state index in [1.54, 1.807) is 30.3 Å². The molecule has 19 heavy (non-hydrogen) atoms. The van der Waals surface area contributed by atoms with Crippen molar-refractivity contribution in [3.05, 3.63) is 59.2 Å². The lowest BCUT2D eigenvalue weighted by molar-refractivity contribution is 0.112. The highest BCUT2D eigenvalue weighted by Gasteiger charge is 2.06. The van der Waals surface area contributed by atoms with Gasteiger partial charge in [-0.15, -0.1) is 0 Å². The van der Waals surface area contributed by atoms with E-state index in [4.69, 9.17) is 10.5 Å². The van der Waals surface area contributed by atoms with Crippen molar-refractivity contribution in [1.82, 2.24) is 0 Å². The van der Waals surface area contributed by atoms with Crippen molar-refractivity contribution in [1.29, 1.82) is 10.5 Å². The zero-order valence-corrected chi connectivity index (χ0v) is 10.6. The first kappa shape index (κ1) is 12.9. The standard InChI is InChI=1S/C15H8N2OS/c16-8-11-5-6-14(7-13(11)9-17)19-15-4-2-1-3-12(15)10-18/h1-7,10H. The number of carbonyl (C=O) groups excluding carboxylic acids is 1. The molecule has 0 bridgehead atoms. The topological polar surface area (TPSA) is 64.7 Å². The molecule has 2 rings (SSSR count). The minimum Gasteiger partial charge on any atom is -0.298 e. The second-order valence-electron chi connectivity index (χ2n) is 3.69. The Morgan fingerprint density at radius 2 is 1.74 bits per heavy atom. The third-order valence-corrected chi connectivity index (χ3v) is 3.59. The minimum atomic E-state index is 0.344. The van der Waals surface area contributed by atoms with Crippen molar-refractivity contribution in [3.63, 3.8) is 0 Å². The quantitative estimate of drug-likeness (QED) is 0.797. The minimum absolute atomic E-state index is 0.344. The average molecular weight is 264 g/mol. The Hall–Kier alpha value is -2.56. The first-order valence-electron chi connectivity index (χ1n) is 5.45. The molecule has 0 spiro atoms. The summed E-state index contributed by atoms with van der Waals surface area (Å²) >= 11 is 1.40. The van der Waals surface area contributed by atoms with Crippen LogP contribution in [0.1, 0.15) is 21.5 Å². The van der Waals surface area contributed by atoms with Crippen LogP contribution < -0.4 is 0 Å². The summed E-state index contributed by atoms with van der Waals surface area (Å²) in [5.41, 5.74) is 1.31. The van der Waals surface area contributed by atoms with Gasteiger partial charge in [-0.25, -0.2) is 0 Å². The number of hydrogen-bond acceptors (Lipinski definition) is 4. The molecule has 0 aliphatic heterocycles. The van der Waals surface area contributed by atoms with Crippen LogP contribution in [0.3, 0.4) is 0 Å². The van der Waals surface area contributed by atoms with Gasteiger partial charge in [-0.1, -0.05) is 30.0 Å². The highest BCUT2D eigenvalue weighted by molar-refractivity contribution is 7.99. The van der Waals surface area contributed by atoms with E-state index in [1.807, 2.05) is 24.3 Å². The monoisotopic (exact) mass is 264 g/mol. The Labute approximate surface area is 115 Å². The molecule has 2 aromatic rings. The van der Waals surface area contributed by atoms with Gasteiger partial charge in [0, 0.05) is 15.4 Å². The number of carbonyl (C=O) groups is 1. The van der Waals surface area contributed by atoms with Crippen LogP contribution in [0.25, 0.3) is 0 Å². The molecule has 0 amide bonds. The van der Waals surface area contributed by atoms with Crippen molar-refractivity contribution in [2.24, 2.45) is 0 Å². The van der Waals surface area contributed by atoms with E-state index in [-0.39, 0.29) is 0 Å². The van der Waals surface area contributed by atoms with Gasteiger partial charge in [0.05, 0.1) is 11.1 Å². The molecule has 90 valence electrons. The average Bonchev–Trinajstić information content (AvgIpc) is 2.47. The van der Waals surface area contributed by atoms with E-state index >= 15 is 0 Å². The second-order valence-corrected chi connectivity index (χ2v) is 4.80. The van der Waals surface area contributed by atoms with Gasteiger partial charge in [-0.3, -0.25) is 4.79 Å². The lowest BCUT2D eigenvalue weighted by Gasteiger charge is -2.05. The van der Waals surface area contributed by atoms with Crippen molar-refractivity contribution >= 4 is 18.0 Å². The summed E-state index contributed by atoms with van der Waals surface area (Å²) in [5.74, 6) is 0. The number of nitriles is 2. The van der Waals surface area contributed by atoms with Crippen LogP contribution in [0, 0.1) is 22.7 Å². The van der Waals surface area contributed by atoms with Gasteiger partial charge in [0.15, 0.2) is 6.29 Å². The predicted octanol–water partition coefficient (Wildman–Crippen LogP) is 3.39. The molecule has 0 atom stereocenters. The van der Waals surface area contributed by atoms with E-state index in [0.717, 1.165) is 16.1 Å². The summed E-state index contributed by atoms with van der Waals surface area (Å²) in [6.45, 7) is 0. The lowest BCUT2D eigenvalue weighted by Crippen LogP contribution is -1.87. The third kappa shape index (κ3) is 2.82. The number of nitrogens with zero attached hydrogens (tertiary/aromatic N) is 2.